The molecule has 0 unspecified atom stereocenters. The number of carboxylic acids is 1. The Kier molecular flexibility index (Phi) is 2.20. The first kappa shape index (κ1) is 9.38. The first-order valence-corrected chi connectivity index (χ1v) is 4.29. The monoisotopic (exact) mass is 207 g/mol. The molecule has 2 aromatic heterocycles. The van der Waals surface area contributed by atoms with Crippen LogP contribution in [0.1, 0.15) is 21.7 Å². The van der Waals surface area contributed by atoms with Gasteiger partial charge in [0.05, 0.1) is 18.4 Å². The van der Waals surface area contributed by atoms with E-state index in [0.29, 0.717) is 12.2 Å². The molecule has 7 heteroatoms. The molecule has 0 atom stereocenters. The van der Waals surface area contributed by atoms with Crippen LogP contribution in [-0.2, 0) is 6.54 Å². The van der Waals surface area contributed by atoms with Crippen LogP contribution in [0.2, 0.25) is 0 Å². The molecule has 0 fully saturated rings. The second-order valence-corrected chi connectivity index (χ2v) is 3.09. The van der Waals surface area contributed by atoms with Crippen molar-refractivity contribution in [2.24, 2.45) is 0 Å². The maximum Gasteiger partial charge on any atom is 0.358 e. The number of hydrogen-bond donors (Lipinski definition) is 2. The average molecular weight is 207 g/mol. The van der Waals surface area contributed by atoms with Gasteiger partial charge in [0.25, 0.3) is 0 Å². The van der Waals surface area contributed by atoms with Gasteiger partial charge in [0.2, 0.25) is 0 Å². The van der Waals surface area contributed by atoms with Crippen molar-refractivity contribution in [2.75, 3.05) is 0 Å². The maximum absolute atomic E-state index is 10.7. The lowest BCUT2D eigenvalue weighted by Gasteiger charge is -1.99. The van der Waals surface area contributed by atoms with Gasteiger partial charge in [-0.3, -0.25) is 5.10 Å². The van der Waals surface area contributed by atoms with Gasteiger partial charge in [-0.2, -0.15) is 5.10 Å². The van der Waals surface area contributed by atoms with Gasteiger partial charge < -0.3 is 5.11 Å². The Morgan fingerprint density at radius 2 is 2.47 bits per heavy atom. The Labute approximate surface area is 84.7 Å². The summed E-state index contributed by atoms with van der Waals surface area (Å²) in [6.45, 7) is 2.13. The molecule has 0 radical (unpaired) electrons. The molecule has 0 bridgehead atoms. The Morgan fingerprint density at radius 3 is 3.00 bits per heavy atom. The van der Waals surface area contributed by atoms with E-state index in [4.69, 9.17) is 5.11 Å². The van der Waals surface area contributed by atoms with Crippen LogP contribution < -0.4 is 0 Å². The fraction of sp³-hybridized carbons (Fsp3) is 0.250. The molecule has 78 valence electrons. The van der Waals surface area contributed by atoms with Crippen LogP contribution in [0.3, 0.4) is 0 Å². The quantitative estimate of drug-likeness (QED) is 0.741. The highest BCUT2D eigenvalue weighted by atomic mass is 16.4. The number of carbonyl (C=O) groups is 1. The fourth-order valence-electron chi connectivity index (χ4n) is 1.25. The molecule has 2 rings (SSSR count). The minimum absolute atomic E-state index is 0.0153. The molecule has 2 heterocycles. The Balaban J connectivity index is 2.27. The lowest BCUT2D eigenvalue weighted by molar-refractivity contribution is 0.0689. The predicted octanol–water partition coefficient (Wildman–Crippen LogP) is 0.0561. The summed E-state index contributed by atoms with van der Waals surface area (Å²) in [6, 6.07) is 0. The second-order valence-electron chi connectivity index (χ2n) is 3.09. The molecule has 0 aromatic carbocycles. The lowest BCUT2D eigenvalue weighted by Crippen LogP contribution is -2.05. The molecule has 0 saturated carbocycles. The summed E-state index contributed by atoms with van der Waals surface area (Å²) in [5.74, 6) is -1.06. The highest BCUT2D eigenvalue weighted by molar-refractivity contribution is 5.86. The minimum atomic E-state index is -1.06. The fourth-order valence-corrected chi connectivity index (χ4v) is 1.25. The molecule has 0 aliphatic rings. The lowest BCUT2D eigenvalue weighted by atomic mass is 10.3. The van der Waals surface area contributed by atoms with Crippen LogP contribution in [0.5, 0.6) is 0 Å². The van der Waals surface area contributed by atoms with Crippen LogP contribution in [0.25, 0.3) is 0 Å². The van der Waals surface area contributed by atoms with Crippen molar-refractivity contribution in [1.82, 2.24) is 25.2 Å². The third kappa shape index (κ3) is 1.71. The van der Waals surface area contributed by atoms with Crippen molar-refractivity contribution in [3.63, 3.8) is 0 Å². The number of rotatable bonds is 3. The standard InChI is InChI=1S/C8H9N5O2/c1-5-7(8(14)15)11-12-13(5)4-6-2-9-10-3-6/h2-3H,4H2,1H3,(H,9,10)(H,14,15). The zero-order chi connectivity index (χ0) is 10.8. The van der Waals surface area contributed by atoms with E-state index in [-0.39, 0.29) is 5.69 Å². The van der Waals surface area contributed by atoms with Crippen molar-refractivity contribution in [1.29, 1.82) is 0 Å². The summed E-state index contributed by atoms with van der Waals surface area (Å²) in [7, 11) is 0. The van der Waals surface area contributed by atoms with E-state index in [2.05, 4.69) is 20.5 Å². The summed E-state index contributed by atoms with van der Waals surface area (Å²) < 4.78 is 1.52. The number of carboxylic acid groups (broad SMARTS) is 1. The van der Waals surface area contributed by atoms with Crippen molar-refractivity contribution in [2.45, 2.75) is 13.5 Å². The van der Waals surface area contributed by atoms with Crippen LogP contribution in [-0.4, -0.2) is 36.3 Å². The van der Waals surface area contributed by atoms with E-state index >= 15 is 0 Å². The van der Waals surface area contributed by atoms with Crippen LogP contribution >= 0.6 is 0 Å². The van der Waals surface area contributed by atoms with E-state index in [0.717, 1.165) is 5.56 Å². The van der Waals surface area contributed by atoms with Gasteiger partial charge in [-0.1, -0.05) is 5.21 Å². The topological polar surface area (TPSA) is 96.7 Å². The Hall–Kier alpha value is -2.18. The third-order valence-corrected chi connectivity index (χ3v) is 2.07. The maximum atomic E-state index is 10.7. The number of nitrogens with zero attached hydrogens (tertiary/aromatic N) is 4. The van der Waals surface area contributed by atoms with Crippen LogP contribution in [0.4, 0.5) is 0 Å². The van der Waals surface area contributed by atoms with E-state index in [9.17, 15) is 4.79 Å². The Bertz CT molecular complexity index is 473. The minimum Gasteiger partial charge on any atom is -0.476 e. The molecule has 0 aliphatic heterocycles. The normalized spacial score (nSPS) is 10.5. The largest absolute Gasteiger partial charge is 0.476 e. The molecule has 0 amide bonds. The highest BCUT2D eigenvalue weighted by Gasteiger charge is 2.14. The molecule has 2 N–H and O–H groups in total. The number of aromatic nitrogens is 5. The number of nitrogens with one attached hydrogen (secondary N) is 1. The number of aromatic amines is 1. The summed E-state index contributed by atoms with van der Waals surface area (Å²) in [6.07, 6.45) is 3.38. The van der Waals surface area contributed by atoms with Crippen LogP contribution in [0.15, 0.2) is 12.4 Å². The summed E-state index contributed by atoms with van der Waals surface area (Å²) in [5.41, 5.74) is 1.43. The van der Waals surface area contributed by atoms with Crippen molar-refractivity contribution in [3.05, 3.63) is 29.3 Å². The Morgan fingerprint density at radius 1 is 1.67 bits per heavy atom. The second kappa shape index (κ2) is 3.52. The van der Waals surface area contributed by atoms with Gasteiger partial charge in [-0.05, 0) is 6.92 Å². The van der Waals surface area contributed by atoms with Crippen molar-refractivity contribution >= 4 is 5.97 Å². The third-order valence-electron chi connectivity index (χ3n) is 2.07. The zero-order valence-corrected chi connectivity index (χ0v) is 8.01. The molecule has 0 aliphatic carbocycles. The van der Waals surface area contributed by atoms with Gasteiger partial charge in [0.15, 0.2) is 5.69 Å². The molecule has 2 aromatic rings. The molecule has 0 saturated heterocycles. The van der Waals surface area contributed by atoms with E-state index < -0.39 is 5.97 Å². The number of aromatic carboxylic acids is 1. The van der Waals surface area contributed by atoms with Crippen molar-refractivity contribution < 1.29 is 9.90 Å². The van der Waals surface area contributed by atoms with Gasteiger partial charge in [0.1, 0.15) is 0 Å². The molecule has 7 nitrogen and oxygen atoms in total. The predicted molar refractivity (Wildman–Crippen MR) is 49.4 cm³/mol. The SMILES string of the molecule is Cc1c(C(=O)O)nnn1Cc1cn[nH]c1. The van der Waals surface area contributed by atoms with Gasteiger partial charge in [-0.25, -0.2) is 9.48 Å². The van der Waals surface area contributed by atoms with Crippen molar-refractivity contribution in [3.8, 4) is 0 Å². The summed E-state index contributed by atoms with van der Waals surface area (Å²) in [5, 5.41) is 22.6. The van der Waals surface area contributed by atoms with Gasteiger partial charge in [0, 0.05) is 11.8 Å². The average Bonchev–Trinajstić information content (AvgIpc) is 2.78. The molecular formula is C8H9N5O2. The number of H-pyrrole nitrogens is 1. The summed E-state index contributed by atoms with van der Waals surface area (Å²) >= 11 is 0. The van der Waals surface area contributed by atoms with E-state index in [1.807, 2.05) is 0 Å². The molecule has 0 spiro atoms. The smallest absolute Gasteiger partial charge is 0.358 e. The van der Waals surface area contributed by atoms with Crippen LogP contribution in [0, 0.1) is 6.92 Å². The molecule has 15 heavy (non-hydrogen) atoms. The molecular weight excluding hydrogens is 198 g/mol. The summed E-state index contributed by atoms with van der Waals surface area (Å²) in [4.78, 5) is 10.7. The first-order chi connectivity index (χ1) is 7.18. The van der Waals surface area contributed by atoms with E-state index in [1.54, 1.807) is 19.3 Å². The highest BCUT2D eigenvalue weighted by Crippen LogP contribution is 2.06. The number of hydrogen-bond acceptors (Lipinski definition) is 4. The first-order valence-electron chi connectivity index (χ1n) is 4.29. The van der Waals surface area contributed by atoms with E-state index in [1.165, 1.54) is 4.68 Å². The zero-order valence-electron chi connectivity index (χ0n) is 8.01. The van der Waals surface area contributed by atoms with Gasteiger partial charge in [-0.15, -0.1) is 5.10 Å². The van der Waals surface area contributed by atoms with Gasteiger partial charge >= 0.3 is 5.97 Å².